The lowest BCUT2D eigenvalue weighted by Crippen LogP contribution is -2.12. The van der Waals surface area contributed by atoms with Crippen LogP contribution in [0.25, 0.3) is 5.69 Å². The molecule has 1 aromatic heterocycles. The maximum atomic E-state index is 5.96. The van der Waals surface area contributed by atoms with E-state index in [-0.39, 0.29) is 0 Å². The maximum absolute atomic E-state index is 5.96. The standard InChI is InChI=1S/C15H20N4/c1-10(2)14-15(16)17-18-19(14)13-9-5-7-11-6-3-4-8-12(11)13/h5,7,9-10H,3-4,6,8,16H2,1-2H3. The zero-order chi connectivity index (χ0) is 13.4. The van der Waals surface area contributed by atoms with Crippen molar-refractivity contribution in [2.45, 2.75) is 45.4 Å². The molecule has 1 aliphatic rings. The average molecular weight is 256 g/mol. The van der Waals surface area contributed by atoms with Gasteiger partial charge in [-0.2, -0.15) is 0 Å². The predicted molar refractivity (Wildman–Crippen MR) is 76.5 cm³/mol. The van der Waals surface area contributed by atoms with Gasteiger partial charge in [0.05, 0.1) is 11.4 Å². The molecule has 0 saturated heterocycles. The zero-order valence-electron chi connectivity index (χ0n) is 11.6. The van der Waals surface area contributed by atoms with Crippen LogP contribution in [0, 0.1) is 0 Å². The fourth-order valence-electron chi connectivity index (χ4n) is 2.98. The Bertz CT molecular complexity index is 598. The number of nitrogens with two attached hydrogens (primary N) is 1. The molecule has 1 aliphatic carbocycles. The lowest BCUT2D eigenvalue weighted by Gasteiger charge is -2.20. The van der Waals surface area contributed by atoms with Gasteiger partial charge in [-0.05, 0) is 48.8 Å². The summed E-state index contributed by atoms with van der Waals surface area (Å²) in [6.45, 7) is 4.25. The molecule has 0 saturated carbocycles. The van der Waals surface area contributed by atoms with E-state index in [1.807, 2.05) is 4.68 Å². The number of nitrogens with zero attached hydrogens (tertiary/aromatic N) is 3. The number of anilines is 1. The van der Waals surface area contributed by atoms with Crippen molar-refractivity contribution in [3.63, 3.8) is 0 Å². The summed E-state index contributed by atoms with van der Waals surface area (Å²) in [5.74, 6) is 0.859. The Morgan fingerprint density at radius 1 is 1.21 bits per heavy atom. The van der Waals surface area contributed by atoms with Gasteiger partial charge in [0.1, 0.15) is 0 Å². The molecule has 0 atom stereocenters. The molecule has 1 aromatic carbocycles. The van der Waals surface area contributed by atoms with E-state index in [4.69, 9.17) is 5.73 Å². The zero-order valence-corrected chi connectivity index (χ0v) is 11.6. The first-order valence-electron chi connectivity index (χ1n) is 7.00. The highest BCUT2D eigenvalue weighted by molar-refractivity contribution is 5.50. The van der Waals surface area contributed by atoms with E-state index in [9.17, 15) is 0 Å². The van der Waals surface area contributed by atoms with Gasteiger partial charge in [-0.25, -0.2) is 4.68 Å². The van der Waals surface area contributed by atoms with Gasteiger partial charge in [0.2, 0.25) is 0 Å². The molecule has 0 fully saturated rings. The molecule has 0 bridgehead atoms. The Balaban J connectivity index is 2.18. The first-order valence-corrected chi connectivity index (χ1v) is 7.00. The molecular formula is C15H20N4. The molecular weight excluding hydrogens is 236 g/mol. The summed E-state index contributed by atoms with van der Waals surface area (Å²) in [7, 11) is 0. The second kappa shape index (κ2) is 4.68. The van der Waals surface area contributed by atoms with Crippen LogP contribution in [0.15, 0.2) is 18.2 Å². The average Bonchev–Trinajstić information content (AvgIpc) is 2.80. The van der Waals surface area contributed by atoms with Gasteiger partial charge >= 0.3 is 0 Å². The number of nitrogen functional groups attached to an aromatic ring is 1. The van der Waals surface area contributed by atoms with Gasteiger partial charge in [0, 0.05) is 0 Å². The van der Waals surface area contributed by atoms with Gasteiger partial charge < -0.3 is 5.73 Å². The summed E-state index contributed by atoms with van der Waals surface area (Å²) in [5.41, 5.74) is 11.0. The van der Waals surface area contributed by atoms with Crippen LogP contribution in [-0.4, -0.2) is 15.0 Å². The largest absolute Gasteiger partial charge is 0.381 e. The quantitative estimate of drug-likeness (QED) is 0.899. The summed E-state index contributed by atoms with van der Waals surface area (Å²) < 4.78 is 1.93. The smallest absolute Gasteiger partial charge is 0.169 e. The van der Waals surface area contributed by atoms with E-state index in [2.05, 4.69) is 42.4 Å². The Morgan fingerprint density at radius 2 is 2.00 bits per heavy atom. The summed E-state index contributed by atoms with van der Waals surface area (Å²) in [4.78, 5) is 0. The topological polar surface area (TPSA) is 56.7 Å². The highest BCUT2D eigenvalue weighted by atomic mass is 15.4. The first-order chi connectivity index (χ1) is 9.18. The van der Waals surface area contributed by atoms with Gasteiger partial charge in [-0.15, -0.1) is 5.10 Å². The van der Waals surface area contributed by atoms with Crippen molar-refractivity contribution in [2.24, 2.45) is 0 Å². The number of rotatable bonds is 2. The Kier molecular flexibility index (Phi) is 3.01. The SMILES string of the molecule is CC(C)c1c(N)nnn1-c1cccc2c1CCCC2. The van der Waals surface area contributed by atoms with Crippen molar-refractivity contribution in [3.05, 3.63) is 35.0 Å². The van der Waals surface area contributed by atoms with E-state index in [1.54, 1.807) is 0 Å². The molecule has 3 rings (SSSR count). The normalized spacial score (nSPS) is 14.7. The second-order valence-electron chi connectivity index (χ2n) is 5.55. The minimum absolute atomic E-state index is 0.314. The van der Waals surface area contributed by atoms with Crippen LogP contribution >= 0.6 is 0 Å². The molecule has 0 aliphatic heterocycles. The van der Waals surface area contributed by atoms with Gasteiger partial charge in [-0.1, -0.05) is 31.2 Å². The van der Waals surface area contributed by atoms with Crippen LogP contribution in [0.4, 0.5) is 5.82 Å². The van der Waals surface area contributed by atoms with Crippen LogP contribution in [0.3, 0.4) is 0 Å². The van der Waals surface area contributed by atoms with Crippen LogP contribution in [0.1, 0.15) is 49.4 Å². The van der Waals surface area contributed by atoms with E-state index < -0.39 is 0 Å². The number of fused-ring (bicyclic) bond motifs is 1. The third-order valence-corrected chi connectivity index (χ3v) is 3.88. The van der Waals surface area contributed by atoms with Gasteiger partial charge in [-0.3, -0.25) is 0 Å². The molecule has 4 nitrogen and oxygen atoms in total. The molecule has 19 heavy (non-hydrogen) atoms. The summed E-state index contributed by atoms with van der Waals surface area (Å²) in [5, 5.41) is 8.31. The molecule has 1 heterocycles. The Hall–Kier alpha value is -1.84. The summed E-state index contributed by atoms with van der Waals surface area (Å²) >= 11 is 0. The van der Waals surface area contributed by atoms with E-state index in [1.165, 1.54) is 30.4 Å². The molecule has 0 spiro atoms. The summed E-state index contributed by atoms with van der Waals surface area (Å²) in [6.07, 6.45) is 4.84. The second-order valence-corrected chi connectivity index (χ2v) is 5.55. The minimum atomic E-state index is 0.314. The number of aromatic nitrogens is 3. The van der Waals surface area contributed by atoms with Crippen molar-refractivity contribution in [1.29, 1.82) is 0 Å². The molecule has 2 N–H and O–H groups in total. The Morgan fingerprint density at radius 3 is 2.79 bits per heavy atom. The lowest BCUT2D eigenvalue weighted by atomic mass is 9.90. The first kappa shape index (κ1) is 12.2. The number of hydrogen-bond acceptors (Lipinski definition) is 3. The van der Waals surface area contributed by atoms with Crippen LogP contribution in [-0.2, 0) is 12.8 Å². The molecule has 0 radical (unpaired) electrons. The van der Waals surface area contributed by atoms with Gasteiger partial charge in [0.15, 0.2) is 5.82 Å². The highest BCUT2D eigenvalue weighted by Crippen LogP contribution is 2.30. The lowest BCUT2D eigenvalue weighted by molar-refractivity contribution is 0.661. The van der Waals surface area contributed by atoms with E-state index in [0.29, 0.717) is 11.7 Å². The molecule has 4 heteroatoms. The number of aryl methyl sites for hydroxylation is 1. The minimum Gasteiger partial charge on any atom is -0.381 e. The summed E-state index contributed by atoms with van der Waals surface area (Å²) in [6, 6.07) is 6.47. The molecule has 0 amide bonds. The Labute approximate surface area is 113 Å². The van der Waals surface area contributed by atoms with Crippen molar-refractivity contribution < 1.29 is 0 Å². The fourth-order valence-corrected chi connectivity index (χ4v) is 2.98. The van der Waals surface area contributed by atoms with Gasteiger partial charge in [0.25, 0.3) is 0 Å². The van der Waals surface area contributed by atoms with E-state index >= 15 is 0 Å². The van der Waals surface area contributed by atoms with Crippen LogP contribution < -0.4 is 5.73 Å². The fraction of sp³-hybridized carbons (Fsp3) is 0.467. The number of hydrogen-bond donors (Lipinski definition) is 1. The van der Waals surface area contributed by atoms with Crippen molar-refractivity contribution in [2.75, 3.05) is 5.73 Å². The van der Waals surface area contributed by atoms with Crippen LogP contribution in [0.5, 0.6) is 0 Å². The predicted octanol–water partition coefficient (Wildman–Crippen LogP) is 2.85. The highest BCUT2D eigenvalue weighted by Gasteiger charge is 2.20. The van der Waals surface area contributed by atoms with Crippen molar-refractivity contribution >= 4 is 5.82 Å². The molecule has 2 aromatic rings. The number of benzene rings is 1. The molecule has 0 unspecified atom stereocenters. The van der Waals surface area contributed by atoms with E-state index in [0.717, 1.165) is 17.8 Å². The monoisotopic (exact) mass is 256 g/mol. The molecule has 100 valence electrons. The third kappa shape index (κ3) is 2.01. The van der Waals surface area contributed by atoms with Crippen LogP contribution in [0.2, 0.25) is 0 Å². The maximum Gasteiger partial charge on any atom is 0.169 e. The third-order valence-electron chi connectivity index (χ3n) is 3.88. The van der Waals surface area contributed by atoms with Crippen molar-refractivity contribution in [3.8, 4) is 5.69 Å². The van der Waals surface area contributed by atoms with Crippen molar-refractivity contribution in [1.82, 2.24) is 15.0 Å².